The van der Waals surface area contributed by atoms with Gasteiger partial charge in [0.05, 0.1) is 26.0 Å². The Balaban J connectivity index is 2.15. The van der Waals surface area contributed by atoms with Gasteiger partial charge in [0.1, 0.15) is 11.4 Å². The Morgan fingerprint density at radius 2 is 1.69 bits per heavy atom. The normalized spacial score (nSPS) is 11.6. The molecule has 0 aliphatic rings. The second-order valence-electron chi connectivity index (χ2n) is 6.87. The van der Waals surface area contributed by atoms with Gasteiger partial charge in [-0.1, -0.05) is 17.3 Å². The summed E-state index contributed by atoms with van der Waals surface area (Å²) in [7, 11) is 2.97. The van der Waals surface area contributed by atoms with Crippen LogP contribution in [0.15, 0.2) is 35.5 Å². The highest BCUT2D eigenvalue weighted by molar-refractivity contribution is 6.00. The number of methoxy groups -OCH3 is 2. The number of nitrogens with zero attached hydrogens (tertiary/aromatic N) is 3. The zero-order valence-corrected chi connectivity index (χ0v) is 17.4. The predicted molar refractivity (Wildman–Crippen MR) is 106 cm³/mol. The Morgan fingerprint density at radius 1 is 1.07 bits per heavy atom. The van der Waals surface area contributed by atoms with Gasteiger partial charge in [0.2, 0.25) is 18.4 Å². The van der Waals surface area contributed by atoms with E-state index in [9.17, 15) is 4.79 Å². The molecule has 0 aliphatic carbocycles. The molecule has 0 aliphatic heterocycles. The molecule has 0 fully saturated rings. The molecule has 0 saturated heterocycles. The number of carbonyl (C=O) groups is 1. The van der Waals surface area contributed by atoms with E-state index in [-0.39, 0.29) is 12.6 Å². The van der Waals surface area contributed by atoms with Crippen LogP contribution in [0.5, 0.6) is 23.5 Å². The van der Waals surface area contributed by atoms with Crippen molar-refractivity contribution in [3.05, 3.63) is 35.9 Å². The van der Waals surface area contributed by atoms with Crippen LogP contribution in [-0.4, -0.2) is 48.1 Å². The molecule has 0 spiro atoms. The average Bonchev–Trinajstić information content (AvgIpc) is 2.66. The number of aromatic nitrogens is 2. The lowest BCUT2D eigenvalue weighted by Crippen LogP contribution is -2.26. The van der Waals surface area contributed by atoms with E-state index in [0.717, 1.165) is 0 Å². The fourth-order valence-electron chi connectivity index (χ4n) is 2.19. The summed E-state index contributed by atoms with van der Waals surface area (Å²) in [6.07, 6.45) is 0. The number of ether oxygens (including phenoxy) is 4. The van der Waals surface area contributed by atoms with Gasteiger partial charge in [-0.05, 0) is 39.8 Å². The van der Waals surface area contributed by atoms with E-state index in [0.29, 0.717) is 28.8 Å². The third-order valence-electron chi connectivity index (χ3n) is 3.36. The molecule has 0 bridgehead atoms. The number of hydrogen-bond donors (Lipinski definition) is 0. The van der Waals surface area contributed by atoms with E-state index in [2.05, 4.69) is 15.1 Å². The molecule has 0 radical (unpaired) electrons. The van der Waals surface area contributed by atoms with Gasteiger partial charge in [-0.2, -0.15) is 9.97 Å². The predicted octanol–water partition coefficient (Wildman–Crippen LogP) is 3.37. The van der Waals surface area contributed by atoms with Crippen LogP contribution in [0.3, 0.4) is 0 Å². The lowest BCUT2D eigenvalue weighted by atomic mass is 10.1. The van der Waals surface area contributed by atoms with Gasteiger partial charge in [0.15, 0.2) is 0 Å². The van der Waals surface area contributed by atoms with Crippen molar-refractivity contribution in [2.75, 3.05) is 20.8 Å². The molecule has 1 aromatic heterocycles. The Bertz CT molecular complexity index is 855. The summed E-state index contributed by atoms with van der Waals surface area (Å²) in [6, 6.07) is 8.74. The van der Waals surface area contributed by atoms with E-state index in [4.69, 9.17) is 23.8 Å². The molecule has 1 aromatic carbocycles. The summed E-state index contributed by atoms with van der Waals surface area (Å²) < 4.78 is 21.2. The van der Waals surface area contributed by atoms with Gasteiger partial charge in [-0.15, -0.1) is 0 Å². The molecule has 9 nitrogen and oxygen atoms in total. The third kappa shape index (κ3) is 6.95. The number of rotatable bonds is 8. The first kappa shape index (κ1) is 21.9. The summed E-state index contributed by atoms with van der Waals surface area (Å²) in [5, 5.41) is 3.98. The smallest absolute Gasteiger partial charge is 0.347 e. The summed E-state index contributed by atoms with van der Waals surface area (Å²) in [6.45, 7) is 6.77. The first-order valence-corrected chi connectivity index (χ1v) is 8.84. The van der Waals surface area contributed by atoms with Gasteiger partial charge in [0, 0.05) is 5.56 Å². The Morgan fingerprint density at radius 3 is 2.28 bits per heavy atom. The van der Waals surface area contributed by atoms with E-state index in [1.54, 1.807) is 45.9 Å². The number of hydrogen-bond acceptors (Lipinski definition) is 9. The standard InChI is InChI=1S/C20H25N3O6/c1-13(23-27-12-18(24)29-20(2,3)4)14-9-7-8-10-15(14)28-19-21-16(25-5)11-17(22-19)26-6/h7-11H,12H2,1-6H3/b23-13+. The van der Waals surface area contributed by atoms with Crippen LogP contribution >= 0.6 is 0 Å². The van der Waals surface area contributed by atoms with E-state index in [1.807, 2.05) is 6.07 Å². The molecule has 9 heteroatoms. The quantitative estimate of drug-likeness (QED) is 0.376. The molecular weight excluding hydrogens is 378 g/mol. The number of carbonyl (C=O) groups excluding carboxylic acids is 1. The van der Waals surface area contributed by atoms with Crippen LogP contribution in [-0.2, 0) is 14.4 Å². The first-order chi connectivity index (χ1) is 13.7. The summed E-state index contributed by atoms with van der Waals surface area (Å²) >= 11 is 0. The van der Waals surface area contributed by atoms with Crippen molar-refractivity contribution in [1.82, 2.24) is 9.97 Å². The molecule has 0 atom stereocenters. The van der Waals surface area contributed by atoms with E-state index >= 15 is 0 Å². The zero-order valence-electron chi connectivity index (χ0n) is 17.4. The van der Waals surface area contributed by atoms with Crippen molar-refractivity contribution in [3.63, 3.8) is 0 Å². The van der Waals surface area contributed by atoms with Gasteiger partial charge >= 0.3 is 12.0 Å². The van der Waals surface area contributed by atoms with Gasteiger partial charge in [-0.3, -0.25) is 0 Å². The molecule has 0 amide bonds. The summed E-state index contributed by atoms with van der Waals surface area (Å²) in [5.41, 5.74) is 0.554. The second kappa shape index (κ2) is 9.72. The van der Waals surface area contributed by atoms with Crippen LogP contribution < -0.4 is 14.2 Å². The molecule has 0 unspecified atom stereocenters. The molecule has 29 heavy (non-hydrogen) atoms. The van der Waals surface area contributed by atoms with E-state index in [1.165, 1.54) is 20.3 Å². The van der Waals surface area contributed by atoms with Crippen LogP contribution in [0.1, 0.15) is 33.3 Å². The van der Waals surface area contributed by atoms with Crippen molar-refractivity contribution in [2.45, 2.75) is 33.3 Å². The van der Waals surface area contributed by atoms with Crippen molar-refractivity contribution in [3.8, 4) is 23.5 Å². The average molecular weight is 403 g/mol. The number of esters is 1. The highest BCUT2D eigenvalue weighted by Crippen LogP contribution is 2.27. The SMILES string of the molecule is COc1cc(OC)nc(Oc2ccccc2/C(C)=N/OCC(=O)OC(C)(C)C)n1. The largest absolute Gasteiger partial charge is 0.481 e. The first-order valence-electron chi connectivity index (χ1n) is 8.84. The number of para-hydroxylation sites is 1. The molecule has 0 N–H and O–H groups in total. The maximum absolute atomic E-state index is 11.7. The minimum atomic E-state index is -0.586. The zero-order chi connectivity index (χ0) is 21.4. The maximum Gasteiger partial charge on any atom is 0.347 e. The van der Waals surface area contributed by atoms with Gasteiger partial charge in [-0.25, -0.2) is 4.79 Å². The van der Waals surface area contributed by atoms with Crippen LogP contribution in [0.25, 0.3) is 0 Å². The van der Waals surface area contributed by atoms with Crippen molar-refractivity contribution in [1.29, 1.82) is 0 Å². The molecule has 2 rings (SSSR count). The molecule has 1 heterocycles. The monoisotopic (exact) mass is 403 g/mol. The van der Waals surface area contributed by atoms with Crippen molar-refractivity contribution < 1.29 is 28.6 Å². The van der Waals surface area contributed by atoms with Gasteiger partial charge in [0.25, 0.3) is 0 Å². The minimum absolute atomic E-state index is 0.0520. The lowest BCUT2D eigenvalue weighted by Gasteiger charge is -2.18. The van der Waals surface area contributed by atoms with E-state index < -0.39 is 11.6 Å². The Kier molecular flexibility index (Phi) is 7.35. The van der Waals surface area contributed by atoms with Gasteiger partial charge < -0.3 is 23.8 Å². The lowest BCUT2D eigenvalue weighted by molar-refractivity contribution is -0.160. The highest BCUT2D eigenvalue weighted by Gasteiger charge is 2.17. The Hall–Kier alpha value is -3.36. The molecule has 156 valence electrons. The van der Waals surface area contributed by atoms with Crippen LogP contribution in [0, 0.1) is 0 Å². The van der Waals surface area contributed by atoms with Crippen molar-refractivity contribution >= 4 is 11.7 Å². The fourth-order valence-corrected chi connectivity index (χ4v) is 2.19. The van der Waals surface area contributed by atoms with Crippen LogP contribution in [0.2, 0.25) is 0 Å². The Labute approximate surface area is 169 Å². The van der Waals surface area contributed by atoms with Crippen molar-refractivity contribution in [2.24, 2.45) is 5.16 Å². The summed E-state index contributed by atoms with van der Waals surface area (Å²) in [4.78, 5) is 25.1. The highest BCUT2D eigenvalue weighted by atomic mass is 16.7. The maximum atomic E-state index is 11.7. The molecule has 2 aromatic rings. The minimum Gasteiger partial charge on any atom is -0.481 e. The third-order valence-corrected chi connectivity index (χ3v) is 3.36. The summed E-state index contributed by atoms with van der Waals surface area (Å²) in [5.74, 6) is 0.547. The molecular formula is C20H25N3O6. The fraction of sp³-hybridized carbons (Fsp3) is 0.400. The van der Waals surface area contributed by atoms with Crippen LogP contribution in [0.4, 0.5) is 0 Å². The second-order valence-corrected chi connectivity index (χ2v) is 6.87. The molecule has 0 saturated carbocycles. The topological polar surface area (TPSA) is 101 Å². The number of oxime groups is 1. The number of benzene rings is 1.